The lowest BCUT2D eigenvalue weighted by Crippen LogP contribution is -2.28. The third kappa shape index (κ3) is 5.85. The van der Waals surface area contributed by atoms with Crippen LogP contribution in [0.1, 0.15) is 62.0 Å². The molecule has 39 heavy (non-hydrogen) atoms. The summed E-state index contributed by atoms with van der Waals surface area (Å²) in [5.74, 6) is 2.78. The lowest BCUT2D eigenvalue weighted by Gasteiger charge is -2.25. The number of carbonyl (C=O) groups excluding carboxylic acids is 1. The first-order chi connectivity index (χ1) is 19.1. The minimum Gasteiger partial charge on any atom is -0.493 e. The number of rotatable bonds is 11. The normalized spacial score (nSPS) is 16.3. The Bertz CT molecular complexity index is 1440. The molecule has 1 aliphatic rings. The maximum atomic E-state index is 13.1. The SMILES string of the molecule is C/C=C/c1ccc(OCCCCn2c(C3CC(=O)N(C(C)c4ccccc4)C3)nc3ccccc32)c(OC)c1. The van der Waals surface area contributed by atoms with Gasteiger partial charge in [0.1, 0.15) is 5.82 Å². The van der Waals surface area contributed by atoms with Crippen LogP contribution in [0.4, 0.5) is 0 Å². The summed E-state index contributed by atoms with van der Waals surface area (Å²) in [5.41, 5.74) is 4.35. The molecule has 0 spiro atoms. The number of aryl methyl sites for hydroxylation is 1. The maximum absolute atomic E-state index is 13.1. The van der Waals surface area contributed by atoms with Gasteiger partial charge in [-0.3, -0.25) is 4.79 Å². The van der Waals surface area contributed by atoms with Crippen molar-refractivity contribution in [1.82, 2.24) is 14.5 Å². The van der Waals surface area contributed by atoms with Crippen LogP contribution in [0.5, 0.6) is 11.5 Å². The fraction of sp³-hybridized carbons (Fsp3) is 0.333. The monoisotopic (exact) mass is 523 g/mol. The van der Waals surface area contributed by atoms with Crippen molar-refractivity contribution in [2.45, 2.75) is 51.6 Å². The number of hydrogen-bond acceptors (Lipinski definition) is 4. The van der Waals surface area contributed by atoms with Gasteiger partial charge in [-0.25, -0.2) is 4.98 Å². The number of aromatic nitrogens is 2. The van der Waals surface area contributed by atoms with E-state index in [-0.39, 0.29) is 17.9 Å². The van der Waals surface area contributed by atoms with Gasteiger partial charge in [-0.05, 0) is 62.1 Å². The van der Waals surface area contributed by atoms with E-state index in [9.17, 15) is 4.79 Å². The van der Waals surface area contributed by atoms with Crippen LogP contribution in [0.15, 0.2) is 78.9 Å². The Morgan fingerprint density at radius 3 is 2.62 bits per heavy atom. The van der Waals surface area contributed by atoms with E-state index in [1.165, 1.54) is 0 Å². The second-order valence-corrected chi connectivity index (χ2v) is 10.1. The Morgan fingerprint density at radius 1 is 1.03 bits per heavy atom. The van der Waals surface area contributed by atoms with Gasteiger partial charge in [-0.2, -0.15) is 0 Å². The minimum absolute atomic E-state index is 0.0442. The third-order valence-electron chi connectivity index (χ3n) is 7.54. The number of likely N-dealkylation sites (tertiary alicyclic amines) is 1. The molecular formula is C33H37N3O3. The van der Waals surface area contributed by atoms with Crippen LogP contribution in [-0.4, -0.2) is 40.6 Å². The highest BCUT2D eigenvalue weighted by Gasteiger charge is 2.36. The van der Waals surface area contributed by atoms with E-state index in [2.05, 4.69) is 41.8 Å². The van der Waals surface area contributed by atoms with Gasteiger partial charge in [0.05, 0.1) is 30.8 Å². The molecule has 0 saturated carbocycles. The first-order valence-electron chi connectivity index (χ1n) is 13.8. The standard InChI is InChI=1S/C33H37N3O3/c1-4-12-25-17-18-30(31(21-25)38-3)39-20-11-10-19-35-29-16-9-8-15-28(29)34-33(35)27-22-32(37)36(23-27)24(2)26-13-6-5-7-14-26/h4-9,12-18,21,24,27H,10-11,19-20,22-23H2,1-3H3/b12-4+. The molecule has 6 nitrogen and oxygen atoms in total. The Labute approximate surface area is 230 Å². The zero-order valence-corrected chi connectivity index (χ0v) is 23.0. The molecule has 1 amide bonds. The summed E-state index contributed by atoms with van der Waals surface area (Å²) in [4.78, 5) is 20.1. The average Bonchev–Trinajstić information content (AvgIpc) is 3.54. The molecule has 2 atom stereocenters. The van der Waals surface area contributed by atoms with Gasteiger partial charge in [-0.15, -0.1) is 0 Å². The van der Waals surface area contributed by atoms with E-state index in [0.717, 1.165) is 58.9 Å². The summed E-state index contributed by atoms with van der Waals surface area (Å²) in [5, 5.41) is 0. The molecule has 1 aromatic heterocycles. The van der Waals surface area contributed by atoms with Crippen molar-refractivity contribution in [2.24, 2.45) is 0 Å². The summed E-state index contributed by atoms with van der Waals surface area (Å²) in [6.45, 7) is 6.23. The van der Waals surface area contributed by atoms with Gasteiger partial charge in [0.15, 0.2) is 11.5 Å². The van der Waals surface area contributed by atoms with E-state index >= 15 is 0 Å². The van der Waals surface area contributed by atoms with Crippen molar-refractivity contribution in [3.05, 3.63) is 95.8 Å². The number of unbranched alkanes of at least 4 members (excludes halogenated alkanes) is 1. The van der Waals surface area contributed by atoms with E-state index in [4.69, 9.17) is 14.5 Å². The van der Waals surface area contributed by atoms with E-state index in [1.54, 1.807) is 7.11 Å². The van der Waals surface area contributed by atoms with Gasteiger partial charge in [0.2, 0.25) is 5.91 Å². The van der Waals surface area contributed by atoms with E-state index < -0.39 is 0 Å². The average molecular weight is 524 g/mol. The van der Waals surface area contributed by atoms with Gasteiger partial charge < -0.3 is 18.9 Å². The van der Waals surface area contributed by atoms with Crippen molar-refractivity contribution in [2.75, 3.05) is 20.3 Å². The highest BCUT2D eigenvalue weighted by atomic mass is 16.5. The van der Waals surface area contributed by atoms with Gasteiger partial charge >= 0.3 is 0 Å². The number of hydrogen-bond donors (Lipinski definition) is 0. The Morgan fingerprint density at radius 2 is 1.82 bits per heavy atom. The lowest BCUT2D eigenvalue weighted by molar-refractivity contribution is -0.129. The molecule has 0 radical (unpaired) electrons. The van der Waals surface area contributed by atoms with Gasteiger partial charge in [0.25, 0.3) is 0 Å². The molecule has 2 unspecified atom stereocenters. The third-order valence-corrected chi connectivity index (χ3v) is 7.54. The van der Waals surface area contributed by atoms with Crippen LogP contribution in [-0.2, 0) is 11.3 Å². The fourth-order valence-electron chi connectivity index (χ4n) is 5.48. The van der Waals surface area contributed by atoms with Crippen LogP contribution in [0.3, 0.4) is 0 Å². The highest BCUT2D eigenvalue weighted by Crippen LogP contribution is 2.35. The molecule has 1 aliphatic heterocycles. The number of nitrogens with zero attached hydrogens (tertiary/aromatic N) is 3. The predicted molar refractivity (Wildman–Crippen MR) is 156 cm³/mol. The summed E-state index contributed by atoms with van der Waals surface area (Å²) >= 11 is 0. The predicted octanol–water partition coefficient (Wildman–Crippen LogP) is 7.01. The van der Waals surface area contributed by atoms with E-state index in [0.29, 0.717) is 19.6 Å². The molecule has 0 aliphatic carbocycles. The summed E-state index contributed by atoms with van der Waals surface area (Å²) in [7, 11) is 1.67. The Kier molecular flexibility index (Phi) is 8.30. The van der Waals surface area contributed by atoms with Crippen LogP contribution in [0, 0.1) is 0 Å². The molecule has 4 aromatic rings. The highest BCUT2D eigenvalue weighted by molar-refractivity contribution is 5.81. The smallest absolute Gasteiger partial charge is 0.223 e. The number of carbonyl (C=O) groups is 1. The van der Waals surface area contributed by atoms with Gasteiger partial charge in [-0.1, -0.05) is 60.7 Å². The van der Waals surface area contributed by atoms with E-state index in [1.807, 2.05) is 66.4 Å². The molecule has 1 saturated heterocycles. The van der Waals surface area contributed by atoms with Crippen LogP contribution < -0.4 is 9.47 Å². The Balaban J connectivity index is 1.25. The number of fused-ring (bicyclic) bond motifs is 1. The second-order valence-electron chi connectivity index (χ2n) is 10.1. The number of imidazole rings is 1. The number of ether oxygens (including phenoxy) is 2. The zero-order valence-electron chi connectivity index (χ0n) is 23.0. The summed E-state index contributed by atoms with van der Waals surface area (Å²) in [6.07, 6.45) is 6.38. The lowest BCUT2D eigenvalue weighted by atomic mass is 10.1. The molecule has 2 heterocycles. The minimum atomic E-state index is 0.0442. The molecule has 6 heteroatoms. The number of allylic oxidation sites excluding steroid dienone is 1. The number of methoxy groups -OCH3 is 1. The van der Waals surface area contributed by atoms with Crippen molar-refractivity contribution >= 4 is 23.0 Å². The second kappa shape index (κ2) is 12.2. The van der Waals surface area contributed by atoms with Crippen molar-refractivity contribution in [3.63, 3.8) is 0 Å². The largest absolute Gasteiger partial charge is 0.493 e. The number of para-hydroxylation sites is 2. The van der Waals surface area contributed by atoms with Crippen LogP contribution >= 0.6 is 0 Å². The van der Waals surface area contributed by atoms with Crippen molar-refractivity contribution in [3.8, 4) is 11.5 Å². The molecule has 1 fully saturated rings. The van der Waals surface area contributed by atoms with Crippen LogP contribution in [0.2, 0.25) is 0 Å². The number of benzene rings is 3. The van der Waals surface area contributed by atoms with Crippen molar-refractivity contribution in [1.29, 1.82) is 0 Å². The quantitative estimate of drug-likeness (QED) is 0.198. The number of amides is 1. The molecule has 0 bridgehead atoms. The molecule has 3 aromatic carbocycles. The summed E-state index contributed by atoms with van der Waals surface area (Å²) in [6, 6.07) is 24.6. The Hall–Kier alpha value is -4.06. The zero-order chi connectivity index (χ0) is 27.2. The van der Waals surface area contributed by atoms with Crippen LogP contribution in [0.25, 0.3) is 17.1 Å². The van der Waals surface area contributed by atoms with Crippen molar-refractivity contribution < 1.29 is 14.3 Å². The fourth-order valence-corrected chi connectivity index (χ4v) is 5.48. The van der Waals surface area contributed by atoms with Gasteiger partial charge in [0, 0.05) is 25.4 Å². The molecular weight excluding hydrogens is 486 g/mol. The first-order valence-corrected chi connectivity index (χ1v) is 13.8. The maximum Gasteiger partial charge on any atom is 0.223 e. The molecule has 5 rings (SSSR count). The molecule has 0 N–H and O–H groups in total. The first kappa shape index (κ1) is 26.5. The summed E-state index contributed by atoms with van der Waals surface area (Å²) < 4.78 is 13.9. The topological polar surface area (TPSA) is 56.6 Å². The molecule has 202 valence electrons.